The minimum Gasteiger partial charge on any atom is -0.497 e. The van der Waals surface area contributed by atoms with Gasteiger partial charge >= 0.3 is 5.69 Å². The number of rotatable bonds is 5. The van der Waals surface area contributed by atoms with E-state index in [2.05, 4.69) is 39.4 Å². The highest BCUT2D eigenvalue weighted by atomic mass is 16.5. The third kappa shape index (κ3) is 3.41. The van der Waals surface area contributed by atoms with E-state index in [9.17, 15) is 4.79 Å². The average molecular weight is 350 g/mol. The molecule has 0 bridgehead atoms. The van der Waals surface area contributed by atoms with Gasteiger partial charge in [-0.25, -0.2) is 9.89 Å². The first-order valence-corrected chi connectivity index (χ1v) is 8.79. The first-order valence-electron chi connectivity index (χ1n) is 8.79. The minimum absolute atomic E-state index is 0.173. The number of fused-ring (bicyclic) bond motifs is 1. The lowest BCUT2D eigenvalue weighted by molar-refractivity contribution is 0.236. The molecule has 0 amide bonds. The number of aromatic amines is 1. The van der Waals surface area contributed by atoms with E-state index in [1.165, 1.54) is 11.1 Å². The Morgan fingerprint density at radius 1 is 1.08 bits per heavy atom. The fourth-order valence-electron chi connectivity index (χ4n) is 3.44. The Morgan fingerprint density at radius 2 is 1.85 bits per heavy atom. The lowest BCUT2D eigenvalue weighted by Gasteiger charge is -2.28. The fourth-order valence-corrected chi connectivity index (χ4v) is 3.44. The normalized spacial score (nSPS) is 14.2. The maximum atomic E-state index is 12.2. The van der Waals surface area contributed by atoms with E-state index in [-0.39, 0.29) is 5.69 Å². The molecule has 1 aliphatic rings. The zero-order chi connectivity index (χ0) is 17.9. The van der Waals surface area contributed by atoms with Crippen molar-refractivity contribution in [2.24, 2.45) is 0 Å². The molecular formula is C20H22N4O2. The average Bonchev–Trinajstić information content (AvgIpc) is 3.02. The van der Waals surface area contributed by atoms with Crippen molar-refractivity contribution in [2.75, 3.05) is 13.7 Å². The number of ether oxygens (including phenoxy) is 1. The highest BCUT2D eigenvalue weighted by Crippen LogP contribution is 2.20. The zero-order valence-electron chi connectivity index (χ0n) is 14.8. The van der Waals surface area contributed by atoms with E-state index in [0.717, 1.165) is 36.6 Å². The molecule has 6 heteroatoms. The second kappa shape index (κ2) is 7.17. The summed E-state index contributed by atoms with van der Waals surface area (Å²) < 4.78 is 6.90. The number of hydrogen-bond donors (Lipinski definition) is 1. The number of H-pyrrole nitrogens is 1. The third-order valence-electron chi connectivity index (χ3n) is 4.91. The van der Waals surface area contributed by atoms with Crippen LogP contribution in [0.1, 0.15) is 22.5 Å². The SMILES string of the molecule is COc1ccc(Cn2c(CN3CCc4ccccc4C3)n[nH]c2=O)cc1. The number of methoxy groups -OCH3 is 1. The summed E-state index contributed by atoms with van der Waals surface area (Å²) in [6.07, 6.45) is 1.03. The number of nitrogens with zero attached hydrogens (tertiary/aromatic N) is 3. The number of benzene rings is 2. The Morgan fingerprint density at radius 3 is 2.62 bits per heavy atom. The van der Waals surface area contributed by atoms with Crippen LogP contribution in [-0.2, 0) is 26.1 Å². The Hall–Kier alpha value is -2.86. The molecule has 4 rings (SSSR count). The summed E-state index contributed by atoms with van der Waals surface area (Å²) in [6.45, 7) is 3.02. The monoisotopic (exact) mass is 350 g/mol. The predicted octanol–water partition coefficient (Wildman–Crippen LogP) is 2.19. The van der Waals surface area contributed by atoms with Gasteiger partial charge in [-0.15, -0.1) is 0 Å². The topological polar surface area (TPSA) is 63.1 Å². The summed E-state index contributed by atoms with van der Waals surface area (Å²) >= 11 is 0. The Balaban J connectivity index is 1.50. The van der Waals surface area contributed by atoms with Crippen LogP contribution in [-0.4, -0.2) is 33.3 Å². The third-order valence-corrected chi connectivity index (χ3v) is 4.91. The van der Waals surface area contributed by atoms with Gasteiger partial charge in [0.05, 0.1) is 20.2 Å². The van der Waals surface area contributed by atoms with Crippen molar-refractivity contribution in [1.82, 2.24) is 19.7 Å². The van der Waals surface area contributed by atoms with Crippen LogP contribution >= 0.6 is 0 Å². The summed E-state index contributed by atoms with van der Waals surface area (Å²) in [4.78, 5) is 14.5. The van der Waals surface area contributed by atoms with Crippen molar-refractivity contribution in [1.29, 1.82) is 0 Å². The molecule has 0 unspecified atom stereocenters. The van der Waals surface area contributed by atoms with E-state index in [0.29, 0.717) is 13.1 Å². The summed E-state index contributed by atoms with van der Waals surface area (Å²) in [5.41, 5.74) is 3.65. The van der Waals surface area contributed by atoms with Crippen LogP contribution in [0.4, 0.5) is 0 Å². The second-order valence-electron chi connectivity index (χ2n) is 6.61. The molecular weight excluding hydrogens is 328 g/mol. The Bertz CT molecular complexity index is 943. The van der Waals surface area contributed by atoms with Crippen LogP contribution < -0.4 is 10.4 Å². The summed E-state index contributed by atoms with van der Waals surface area (Å²) in [7, 11) is 1.64. The van der Waals surface area contributed by atoms with Gasteiger partial charge in [0.25, 0.3) is 0 Å². The van der Waals surface area contributed by atoms with E-state index in [4.69, 9.17) is 4.74 Å². The highest BCUT2D eigenvalue weighted by molar-refractivity contribution is 5.29. The molecule has 0 saturated heterocycles. The standard InChI is InChI=1S/C20H22N4O2/c1-26-18-8-6-15(7-9-18)12-24-19(21-22-20(24)25)14-23-11-10-16-4-2-3-5-17(16)13-23/h2-9H,10-14H2,1H3,(H,22,25). The van der Waals surface area contributed by atoms with Crippen LogP contribution in [0, 0.1) is 0 Å². The smallest absolute Gasteiger partial charge is 0.343 e. The van der Waals surface area contributed by atoms with Crippen LogP contribution in [0.5, 0.6) is 5.75 Å². The Kier molecular flexibility index (Phi) is 4.58. The van der Waals surface area contributed by atoms with Crippen molar-refractivity contribution >= 4 is 0 Å². The molecule has 1 N–H and O–H groups in total. The molecule has 3 aromatic rings. The van der Waals surface area contributed by atoms with Gasteiger partial charge in [-0.2, -0.15) is 5.10 Å². The van der Waals surface area contributed by atoms with Crippen LogP contribution in [0.2, 0.25) is 0 Å². The van der Waals surface area contributed by atoms with Crippen molar-refractivity contribution < 1.29 is 4.74 Å². The zero-order valence-corrected chi connectivity index (χ0v) is 14.8. The van der Waals surface area contributed by atoms with Gasteiger partial charge in [-0.1, -0.05) is 36.4 Å². The van der Waals surface area contributed by atoms with Crippen LogP contribution in [0.3, 0.4) is 0 Å². The van der Waals surface area contributed by atoms with E-state index < -0.39 is 0 Å². The molecule has 134 valence electrons. The summed E-state index contributed by atoms with van der Waals surface area (Å²) in [5, 5.41) is 6.85. The van der Waals surface area contributed by atoms with Crippen molar-refractivity contribution in [3.8, 4) is 5.75 Å². The van der Waals surface area contributed by atoms with Gasteiger partial charge in [0.1, 0.15) is 11.6 Å². The van der Waals surface area contributed by atoms with Crippen molar-refractivity contribution in [3.63, 3.8) is 0 Å². The van der Waals surface area contributed by atoms with Crippen LogP contribution in [0.25, 0.3) is 0 Å². The van der Waals surface area contributed by atoms with Crippen LogP contribution in [0.15, 0.2) is 53.3 Å². The minimum atomic E-state index is -0.173. The quantitative estimate of drug-likeness (QED) is 0.766. The first-order chi connectivity index (χ1) is 12.7. The van der Waals surface area contributed by atoms with Gasteiger partial charge in [0.2, 0.25) is 0 Å². The molecule has 0 spiro atoms. The van der Waals surface area contributed by atoms with E-state index in [1.807, 2.05) is 24.3 Å². The van der Waals surface area contributed by atoms with E-state index >= 15 is 0 Å². The molecule has 0 atom stereocenters. The highest BCUT2D eigenvalue weighted by Gasteiger charge is 2.19. The molecule has 2 heterocycles. The van der Waals surface area contributed by atoms with Gasteiger partial charge < -0.3 is 4.74 Å². The van der Waals surface area contributed by atoms with Gasteiger partial charge in [-0.05, 0) is 35.2 Å². The predicted molar refractivity (Wildman–Crippen MR) is 99.2 cm³/mol. The lowest BCUT2D eigenvalue weighted by Crippen LogP contribution is -2.32. The second-order valence-corrected chi connectivity index (χ2v) is 6.61. The largest absolute Gasteiger partial charge is 0.497 e. The van der Waals surface area contributed by atoms with E-state index in [1.54, 1.807) is 11.7 Å². The van der Waals surface area contributed by atoms with Gasteiger partial charge in [-0.3, -0.25) is 9.47 Å². The number of hydrogen-bond acceptors (Lipinski definition) is 4. The maximum absolute atomic E-state index is 12.2. The fraction of sp³-hybridized carbons (Fsp3) is 0.300. The first kappa shape index (κ1) is 16.6. The lowest BCUT2D eigenvalue weighted by atomic mass is 10.00. The molecule has 0 aliphatic carbocycles. The summed E-state index contributed by atoms with van der Waals surface area (Å²) in [5.74, 6) is 1.57. The molecule has 1 aliphatic heterocycles. The molecule has 0 radical (unpaired) electrons. The maximum Gasteiger partial charge on any atom is 0.343 e. The molecule has 6 nitrogen and oxygen atoms in total. The van der Waals surface area contributed by atoms with Crippen molar-refractivity contribution in [3.05, 3.63) is 81.5 Å². The van der Waals surface area contributed by atoms with Gasteiger partial charge in [0, 0.05) is 13.1 Å². The molecule has 2 aromatic carbocycles. The van der Waals surface area contributed by atoms with Gasteiger partial charge in [0.15, 0.2) is 0 Å². The number of aromatic nitrogens is 3. The molecule has 0 fully saturated rings. The number of nitrogens with one attached hydrogen (secondary N) is 1. The molecule has 0 saturated carbocycles. The van der Waals surface area contributed by atoms with Crippen molar-refractivity contribution in [2.45, 2.75) is 26.1 Å². The summed E-state index contributed by atoms with van der Waals surface area (Å²) in [6, 6.07) is 16.3. The Labute approximate surface area is 152 Å². The molecule has 1 aromatic heterocycles. The molecule has 26 heavy (non-hydrogen) atoms.